The van der Waals surface area contributed by atoms with E-state index < -0.39 is 0 Å². The molecule has 2 aromatic carbocycles. The molecule has 1 saturated carbocycles. The molecule has 1 fully saturated rings. The monoisotopic (exact) mass is 538 g/mol. The quantitative estimate of drug-likeness (QED) is 0.186. The number of nitrogens with zero attached hydrogens (tertiary/aromatic N) is 3. The minimum Gasteiger partial charge on any atom is -0.392 e. The largest absolute Gasteiger partial charge is 0.392 e. The van der Waals surface area contributed by atoms with Gasteiger partial charge in [-0.15, -0.1) is 0 Å². The van der Waals surface area contributed by atoms with Gasteiger partial charge in [-0.2, -0.15) is 0 Å². The maximum Gasteiger partial charge on any atom is 0.259 e. The summed E-state index contributed by atoms with van der Waals surface area (Å²) in [5, 5.41) is 15.5. The molecule has 0 saturated heterocycles. The smallest absolute Gasteiger partial charge is 0.259 e. The molecule has 1 aliphatic carbocycles. The van der Waals surface area contributed by atoms with Crippen molar-refractivity contribution in [3.8, 4) is 0 Å². The average Bonchev–Trinajstić information content (AvgIpc) is 3.62. The molecule has 1 aromatic heterocycles. The van der Waals surface area contributed by atoms with E-state index in [4.69, 9.17) is 5.41 Å². The number of aromatic nitrogens is 1. The lowest BCUT2D eigenvalue weighted by molar-refractivity contribution is 0.0997. The first-order valence-corrected chi connectivity index (χ1v) is 13.4. The molecule has 6 N–H and O–H groups in total. The Kier molecular flexibility index (Phi) is 8.96. The summed E-state index contributed by atoms with van der Waals surface area (Å²) < 4.78 is 0. The van der Waals surface area contributed by atoms with Crippen molar-refractivity contribution in [1.82, 2.24) is 10.3 Å². The minimum absolute atomic E-state index is 0.00285. The molecule has 1 aliphatic heterocycles. The van der Waals surface area contributed by atoms with Gasteiger partial charge in [0.1, 0.15) is 5.84 Å². The van der Waals surface area contributed by atoms with Gasteiger partial charge in [0.2, 0.25) is 0 Å². The van der Waals surface area contributed by atoms with Crippen LogP contribution in [0.1, 0.15) is 48.2 Å². The SMILES string of the molecule is C=N/C(=C(/C)C=NC(=N)/C=C(/C)NC)c1c[nH]c2c(N3Cc4c(NCC5CC5)cccc4C3=O)cccc12.CN. The zero-order valence-electron chi connectivity index (χ0n) is 23.6. The number of nitrogens with one attached hydrogen (secondary N) is 4. The van der Waals surface area contributed by atoms with Crippen molar-refractivity contribution >= 4 is 52.6 Å². The summed E-state index contributed by atoms with van der Waals surface area (Å²) in [5.41, 5.74) is 12.2. The number of amides is 1. The van der Waals surface area contributed by atoms with E-state index >= 15 is 0 Å². The molecule has 208 valence electrons. The van der Waals surface area contributed by atoms with E-state index in [1.54, 1.807) is 19.3 Å². The fraction of sp³-hybridized carbons (Fsp3) is 0.290. The predicted molar refractivity (Wildman–Crippen MR) is 168 cm³/mol. The van der Waals surface area contributed by atoms with E-state index in [-0.39, 0.29) is 11.7 Å². The molecule has 2 heterocycles. The van der Waals surface area contributed by atoms with Crippen molar-refractivity contribution in [3.63, 3.8) is 0 Å². The van der Waals surface area contributed by atoms with Crippen LogP contribution in [0.4, 0.5) is 11.4 Å². The van der Waals surface area contributed by atoms with E-state index in [1.807, 2.05) is 55.3 Å². The highest BCUT2D eigenvalue weighted by molar-refractivity contribution is 6.15. The molecule has 0 atom stereocenters. The number of carbonyl (C=O) groups excluding carboxylic acids is 1. The van der Waals surface area contributed by atoms with Gasteiger partial charge >= 0.3 is 0 Å². The Hall–Kier alpha value is -4.50. The Balaban J connectivity index is 0.00000181. The number of fused-ring (bicyclic) bond motifs is 2. The number of H-pyrrole nitrogens is 1. The standard InChI is InChI=1S/C30H33N7O.CH5N/c1-18(14-35-27(31)13-19(2)32-3)28(33-4)23-16-36-29-21(23)7-6-10-26(29)37-17-24-22(30(37)38)8-5-9-25(24)34-15-20-11-12-20;1-2/h5-10,13-14,16,20,31-32,34,36H,4,11-12,15,17H2,1-3H3;2H2,1H3/b19-13-,28-18-,31-27?,35-14?;. The summed E-state index contributed by atoms with van der Waals surface area (Å²) >= 11 is 0. The number of aromatic amines is 1. The molecule has 2 aliphatic rings. The summed E-state index contributed by atoms with van der Waals surface area (Å²) in [6, 6.07) is 11.9. The number of rotatable bonds is 9. The van der Waals surface area contributed by atoms with E-state index in [0.29, 0.717) is 12.2 Å². The lowest BCUT2D eigenvalue weighted by Crippen LogP contribution is -2.23. The fourth-order valence-corrected chi connectivity index (χ4v) is 4.79. The third kappa shape index (κ3) is 5.89. The molecule has 0 bridgehead atoms. The summed E-state index contributed by atoms with van der Waals surface area (Å²) in [5.74, 6) is 0.890. The maximum absolute atomic E-state index is 13.5. The summed E-state index contributed by atoms with van der Waals surface area (Å²) in [6.45, 7) is 9.04. The molecule has 3 aromatic rings. The van der Waals surface area contributed by atoms with Crippen molar-refractivity contribution in [2.45, 2.75) is 33.2 Å². The fourth-order valence-electron chi connectivity index (χ4n) is 4.79. The number of nitrogens with two attached hydrogens (primary N) is 1. The highest BCUT2D eigenvalue weighted by Gasteiger charge is 2.32. The van der Waals surface area contributed by atoms with Crippen LogP contribution < -0.4 is 21.3 Å². The van der Waals surface area contributed by atoms with Crippen LogP contribution in [-0.4, -0.2) is 50.3 Å². The molecule has 9 nitrogen and oxygen atoms in total. The first-order valence-electron chi connectivity index (χ1n) is 13.4. The molecule has 40 heavy (non-hydrogen) atoms. The van der Waals surface area contributed by atoms with Gasteiger partial charge < -0.3 is 26.3 Å². The van der Waals surface area contributed by atoms with Gasteiger partial charge in [0.05, 0.1) is 23.4 Å². The number of allylic oxidation sites excluding steroid dienone is 2. The third-order valence-corrected chi connectivity index (χ3v) is 7.16. The van der Waals surface area contributed by atoms with Gasteiger partial charge in [-0.1, -0.05) is 18.2 Å². The molecule has 9 heteroatoms. The Morgan fingerprint density at radius 2 is 1.98 bits per heavy atom. The number of hydrogen-bond donors (Lipinski definition) is 5. The van der Waals surface area contributed by atoms with Crippen LogP contribution >= 0.6 is 0 Å². The Labute approximate surface area is 235 Å². The van der Waals surface area contributed by atoms with Crippen LogP contribution in [0, 0.1) is 11.3 Å². The summed E-state index contributed by atoms with van der Waals surface area (Å²) in [7, 11) is 3.30. The van der Waals surface area contributed by atoms with Gasteiger partial charge in [-0.05, 0) is 70.1 Å². The van der Waals surface area contributed by atoms with Gasteiger partial charge in [0.15, 0.2) is 0 Å². The van der Waals surface area contributed by atoms with Crippen molar-refractivity contribution in [2.75, 3.05) is 30.9 Å². The Morgan fingerprint density at radius 3 is 2.67 bits per heavy atom. The summed E-state index contributed by atoms with van der Waals surface area (Å²) in [4.78, 5) is 27.3. The second kappa shape index (κ2) is 12.6. The first-order chi connectivity index (χ1) is 19.4. The normalized spacial score (nSPS) is 15.5. The zero-order chi connectivity index (χ0) is 28.8. The maximum atomic E-state index is 13.5. The molecular formula is C31H38N8O. The van der Waals surface area contributed by atoms with Crippen LogP contribution in [0.5, 0.6) is 0 Å². The average molecular weight is 539 g/mol. The van der Waals surface area contributed by atoms with Gasteiger partial charge in [-0.25, -0.2) is 4.99 Å². The number of anilines is 2. The van der Waals surface area contributed by atoms with Gasteiger partial charge in [0.25, 0.3) is 5.91 Å². The number of aliphatic imine (C=N–C) groups is 2. The van der Waals surface area contributed by atoms with Crippen molar-refractivity contribution in [3.05, 3.63) is 76.6 Å². The molecule has 5 rings (SSSR count). The Bertz CT molecular complexity index is 1520. The van der Waals surface area contributed by atoms with Crippen molar-refractivity contribution < 1.29 is 4.79 Å². The molecule has 0 spiro atoms. The number of amidine groups is 1. The van der Waals surface area contributed by atoms with E-state index in [0.717, 1.165) is 62.7 Å². The lowest BCUT2D eigenvalue weighted by Gasteiger charge is -2.17. The first kappa shape index (κ1) is 28.5. The van der Waals surface area contributed by atoms with Crippen molar-refractivity contribution in [1.29, 1.82) is 5.41 Å². The van der Waals surface area contributed by atoms with E-state index in [1.165, 1.54) is 19.9 Å². The number of carbonyl (C=O) groups is 1. The summed E-state index contributed by atoms with van der Waals surface area (Å²) in [6.07, 6.45) is 7.73. The van der Waals surface area contributed by atoms with Gasteiger partial charge in [-0.3, -0.25) is 15.2 Å². The predicted octanol–water partition coefficient (Wildman–Crippen LogP) is 5.33. The van der Waals surface area contributed by atoms with E-state index in [9.17, 15) is 4.79 Å². The second-order valence-corrected chi connectivity index (χ2v) is 9.86. The van der Waals surface area contributed by atoms with E-state index in [2.05, 4.69) is 44.1 Å². The van der Waals surface area contributed by atoms with Crippen LogP contribution in [0.15, 0.2) is 69.9 Å². The van der Waals surface area contributed by atoms with Gasteiger partial charge in [0, 0.05) is 65.5 Å². The molecular weight excluding hydrogens is 500 g/mol. The molecule has 1 amide bonds. The highest BCUT2D eigenvalue weighted by Crippen LogP contribution is 2.38. The van der Waals surface area contributed by atoms with Crippen molar-refractivity contribution in [2.24, 2.45) is 21.6 Å². The Morgan fingerprint density at radius 1 is 1.23 bits per heavy atom. The second-order valence-electron chi connectivity index (χ2n) is 9.86. The zero-order valence-corrected chi connectivity index (χ0v) is 23.6. The minimum atomic E-state index is 0.00285. The number of para-hydroxylation sites is 1. The van der Waals surface area contributed by atoms with Crippen LogP contribution in [-0.2, 0) is 6.54 Å². The number of hydrogen-bond acceptors (Lipinski definition) is 6. The van der Waals surface area contributed by atoms with Crippen LogP contribution in [0.2, 0.25) is 0 Å². The highest BCUT2D eigenvalue weighted by atomic mass is 16.2. The van der Waals surface area contributed by atoms with Crippen LogP contribution in [0.3, 0.4) is 0 Å². The third-order valence-electron chi connectivity index (χ3n) is 7.16. The number of benzene rings is 2. The van der Waals surface area contributed by atoms with Crippen LogP contribution in [0.25, 0.3) is 16.6 Å². The lowest BCUT2D eigenvalue weighted by atomic mass is 10.1. The molecule has 0 radical (unpaired) electrons. The topological polar surface area (TPSA) is 135 Å². The molecule has 0 unspecified atom stereocenters.